The first-order chi connectivity index (χ1) is 10.1. The monoisotopic (exact) mass is 337 g/mol. The average molecular weight is 338 g/mol. The van der Waals surface area contributed by atoms with Crippen LogP contribution in [-0.4, -0.2) is 23.0 Å². The summed E-state index contributed by atoms with van der Waals surface area (Å²) in [5.41, 5.74) is 10.3. The Morgan fingerprint density at radius 3 is 2.64 bits per heavy atom. The Balaban J connectivity index is 0.00000176. The molecule has 0 saturated carbocycles. The topological polar surface area (TPSA) is 68.0 Å². The lowest BCUT2D eigenvalue weighted by Gasteiger charge is -2.25. The molecule has 1 unspecified atom stereocenters. The number of carbonyl (C=O) groups excluding carboxylic acids is 1. The Morgan fingerprint density at radius 2 is 2.14 bits per heavy atom. The highest BCUT2D eigenvalue weighted by Crippen LogP contribution is 2.29. The van der Waals surface area contributed by atoms with Gasteiger partial charge in [0.25, 0.3) is 0 Å². The fraction of sp³-hybridized carbons (Fsp3) is 0.375. The van der Waals surface area contributed by atoms with E-state index in [-0.39, 0.29) is 18.3 Å². The number of aromatic nitrogens is 1. The Bertz CT molecular complexity index is 648. The minimum absolute atomic E-state index is 0. The number of nitrogens with one attached hydrogen (secondary N) is 1. The number of hydrogen-bond donors (Lipinski definition) is 2. The summed E-state index contributed by atoms with van der Waals surface area (Å²) in [6.45, 7) is 2.88. The van der Waals surface area contributed by atoms with Crippen molar-refractivity contribution < 1.29 is 4.79 Å². The number of rotatable bonds is 4. The molecule has 1 atom stereocenters. The number of primary amides is 1. The predicted octanol–water partition coefficient (Wildman–Crippen LogP) is 2.69. The predicted molar refractivity (Wildman–Crippen MR) is 92.4 cm³/mol. The Kier molecular flexibility index (Phi) is 5.21. The number of nitrogens with zero attached hydrogens (tertiary/aromatic N) is 1. The van der Waals surface area contributed by atoms with Gasteiger partial charge in [0.15, 0.2) is 0 Å². The van der Waals surface area contributed by atoms with Crippen LogP contribution in [0.1, 0.15) is 24.1 Å². The maximum atomic E-state index is 11.8. The quantitative estimate of drug-likeness (QED) is 0.901. The van der Waals surface area contributed by atoms with Crippen molar-refractivity contribution >= 4 is 29.7 Å². The molecule has 22 heavy (non-hydrogen) atoms. The molecule has 1 aromatic carbocycles. The van der Waals surface area contributed by atoms with Crippen LogP contribution in [0.3, 0.4) is 0 Å². The number of nitrogens with two attached hydrogens (primary N) is 1. The van der Waals surface area contributed by atoms with Crippen molar-refractivity contribution in [2.75, 3.05) is 6.54 Å². The van der Waals surface area contributed by atoms with E-state index in [1.807, 2.05) is 12.4 Å². The normalized spacial score (nSPS) is 20.6. The van der Waals surface area contributed by atoms with Crippen LogP contribution in [0.5, 0.6) is 0 Å². The van der Waals surface area contributed by atoms with Crippen LogP contribution in [0.25, 0.3) is 10.4 Å². The van der Waals surface area contributed by atoms with Crippen LogP contribution in [0.15, 0.2) is 29.8 Å². The van der Waals surface area contributed by atoms with Gasteiger partial charge in [-0.2, -0.15) is 0 Å². The van der Waals surface area contributed by atoms with Gasteiger partial charge in [-0.1, -0.05) is 24.3 Å². The van der Waals surface area contributed by atoms with E-state index in [0.717, 1.165) is 30.6 Å². The Morgan fingerprint density at radius 1 is 1.41 bits per heavy atom. The summed E-state index contributed by atoms with van der Waals surface area (Å²) < 4.78 is 0. The number of carbonyl (C=O) groups is 1. The zero-order valence-corrected chi connectivity index (χ0v) is 14.1. The second kappa shape index (κ2) is 6.77. The van der Waals surface area contributed by atoms with Crippen molar-refractivity contribution in [3.8, 4) is 10.4 Å². The standard InChI is InChI=1S/C16H19N3OS.ClH/c1-11-14(21-10-18-11)13-5-3-12(4-6-13)9-16(15(17)20)7-2-8-19-16;/h3-6,10,19H,2,7-9H2,1H3,(H2,17,20);1H. The summed E-state index contributed by atoms with van der Waals surface area (Å²) in [6.07, 6.45) is 2.48. The molecule has 4 nitrogen and oxygen atoms in total. The van der Waals surface area contributed by atoms with Gasteiger partial charge in [0.2, 0.25) is 5.91 Å². The third kappa shape index (κ3) is 3.16. The first-order valence-electron chi connectivity index (χ1n) is 7.15. The molecule has 2 aromatic rings. The Labute approximate surface area is 140 Å². The van der Waals surface area contributed by atoms with E-state index in [1.54, 1.807) is 11.3 Å². The van der Waals surface area contributed by atoms with E-state index in [0.29, 0.717) is 6.42 Å². The second-order valence-corrected chi connectivity index (χ2v) is 6.47. The summed E-state index contributed by atoms with van der Waals surface area (Å²) in [5, 5.41) is 3.29. The first-order valence-corrected chi connectivity index (χ1v) is 8.03. The largest absolute Gasteiger partial charge is 0.368 e. The zero-order valence-electron chi connectivity index (χ0n) is 12.5. The average Bonchev–Trinajstić information content (AvgIpc) is 3.10. The second-order valence-electron chi connectivity index (χ2n) is 5.62. The van der Waals surface area contributed by atoms with E-state index >= 15 is 0 Å². The number of hydrogen-bond acceptors (Lipinski definition) is 4. The summed E-state index contributed by atoms with van der Waals surface area (Å²) in [5.74, 6) is -0.248. The Hall–Kier alpha value is -1.43. The van der Waals surface area contributed by atoms with Crippen LogP contribution in [-0.2, 0) is 11.2 Å². The summed E-state index contributed by atoms with van der Waals surface area (Å²) in [6, 6.07) is 8.36. The molecule has 0 spiro atoms. The van der Waals surface area contributed by atoms with Gasteiger partial charge in [0.1, 0.15) is 5.54 Å². The number of amides is 1. The van der Waals surface area contributed by atoms with Crippen molar-refractivity contribution in [1.82, 2.24) is 10.3 Å². The third-order valence-corrected chi connectivity index (χ3v) is 5.16. The van der Waals surface area contributed by atoms with Gasteiger partial charge in [-0.25, -0.2) is 4.98 Å². The molecular weight excluding hydrogens is 318 g/mol. The van der Waals surface area contributed by atoms with Crippen molar-refractivity contribution in [2.45, 2.75) is 31.7 Å². The van der Waals surface area contributed by atoms with Crippen molar-refractivity contribution in [1.29, 1.82) is 0 Å². The van der Waals surface area contributed by atoms with E-state index < -0.39 is 5.54 Å². The lowest BCUT2D eigenvalue weighted by Crippen LogP contribution is -2.53. The smallest absolute Gasteiger partial charge is 0.238 e. The number of thiazole rings is 1. The molecule has 1 aliphatic rings. The molecule has 0 radical (unpaired) electrons. The van der Waals surface area contributed by atoms with Crippen LogP contribution >= 0.6 is 23.7 Å². The van der Waals surface area contributed by atoms with Crippen LogP contribution in [0.2, 0.25) is 0 Å². The van der Waals surface area contributed by atoms with Crippen molar-refractivity contribution in [3.63, 3.8) is 0 Å². The highest BCUT2D eigenvalue weighted by Gasteiger charge is 2.39. The van der Waals surface area contributed by atoms with Gasteiger partial charge in [-0.15, -0.1) is 23.7 Å². The molecule has 1 fully saturated rings. The fourth-order valence-electron chi connectivity index (χ4n) is 2.96. The maximum absolute atomic E-state index is 11.8. The van der Waals surface area contributed by atoms with Crippen molar-refractivity contribution in [3.05, 3.63) is 41.0 Å². The molecule has 1 amide bonds. The van der Waals surface area contributed by atoms with Crippen LogP contribution in [0.4, 0.5) is 0 Å². The molecule has 0 aliphatic carbocycles. The lowest BCUT2D eigenvalue weighted by atomic mass is 9.88. The molecule has 1 aliphatic heterocycles. The molecular formula is C16H20ClN3OS. The van der Waals surface area contributed by atoms with Gasteiger partial charge < -0.3 is 11.1 Å². The lowest BCUT2D eigenvalue weighted by molar-refractivity contribution is -0.123. The van der Waals surface area contributed by atoms with E-state index in [1.165, 1.54) is 10.4 Å². The van der Waals surface area contributed by atoms with Gasteiger partial charge in [0, 0.05) is 0 Å². The van der Waals surface area contributed by atoms with Gasteiger partial charge in [-0.05, 0) is 43.9 Å². The van der Waals surface area contributed by atoms with Crippen LogP contribution < -0.4 is 11.1 Å². The van der Waals surface area contributed by atoms with E-state index in [9.17, 15) is 4.79 Å². The number of halogens is 1. The maximum Gasteiger partial charge on any atom is 0.238 e. The first kappa shape index (κ1) is 16.9. The van der Waals surface area contributed by atoms with Crippen molar-refractivity contribution in [2.24, 2.45) is 5.73 Å². The summed E-state index contributed by atoms with van der Waals surface area (Å²) >= 11 is 1.65. The number of benzene rings is 1. The third-order valence-electron chi connectivity index (χ3n) is 4.18. The van der Waals surface area contributed by atoms with Gasteiger partial charge in [-0.3, -0.25) is 4.79 Å². The molecule has 1 aromatic heterocycles. The molecule has 6 heteroatoms. The molecule has 1 saturated heterocycles. The molecule has 3 rings (SSSR count). The SMILES string of the molecule is Cc1ncsc1-c1ccc(CC2(C(N)=O)CCCN2)cc1.Cl. The minimum atomic E-state index is -0.568. The summed E-state index contributed by atoms with van der Waals surface area (Å²) in [4.78, 5) is 17.3. The van der Waals surface area contributed by atoms with Gasteiger partial charge in [0.05, 0.1) is 16.1 Å². The molecule has 3 N–H and O–H groups in total. The zero-order chi connectivity index (χ0) is 14.9. The fourth-order valence-corrected chi connectivity index (χ4v) is 3.77. The molecule has 118 valence electrons. The summed E-state index contributed by atoms with van der Waals surface area (Å²) in [7, 11) is 0. The minimum Gasteiger partial charge on any atom is -0.368 e. The number of aryl methyl sites for hydroxylation is 1. The highest BCUT2D eigenvalue weighted by molar-refractivity contribution is 7.13. The molecule has 2 heterocycles. The van der Waals surface area contributed by atoms with E-state index in [4.69, 9.17) is 5.73 Å². The van der Waals surface area contributed by atoms with Crippen LogP contribution in [0, 0.1) is 6.92 Å². The van der Waals surface area contributed by atoms with Gasteiger partial charge >= 0.3 is 0 Å². The van der Waals surface area contributed by atoms with E-state index in [2.05, 4.69) is 34.6 Å². The highest BCUT2D eigenvalue weighted by atomic mass is 35.5. The molecule has 0 bridgehead atoms.